The molecule has 0 aromatic rings. The minimum Gasteiger partial charge on any atom is -0.462 e. The average molecular weight is 335 g/mol. The lowest BCUT2D eigenvalue weighted by Gasteiger charge is -2.53. The summed E-state index contributed by atoms with van der Waals surface area (Å²) >= 11 is 0. The molecule has 0 radical (unpaired) electrons. The molecule has 3 rings (SSSR count). The van der Waals surface area contributed by atoms with E-state index in [1.165, 1.54) is 6.92 Å². The normalized spacial score (nSPS) is 44.3. The first kappa shape index (κ1) is 17.4. The molecule has 5 nitrogen and oxygen atoms in total. The number of Topliss-reactive ketones (excluding diaryl/α,β-unsaturated/α-hetero) is 1. The minimum absolute atomic E-state index is 0.00189. The van der Waals surface area contributed by atoms with Crippen LogP contribution in [0.5, 0.6) is 0 Å². The molecule has 0 heterocycles. The number of amides is 1. The molecule has 5 heteroatoms. The molecule has 0 bridgehead atoms. The van der Waals surface area contributed by atoms with Crippen molar-refractivity contribution in [3.05, 3.63) is 0 Å². The molecule has 0 aromatic carbocycles. The summed E-state index contributed by atoms with van der Waals surface area (Å²) in [5.41, 5.74) is 5.70. The maximum absolute atomic E-state index is 12.1. The first-order chi connectivity index (χ1) is 11.3. The van der Waals surface area contributed by atoms with Crippen molar-refractivity contribution in [2.75, 3.05) is 0 Å². The lowest BCUT2D eigenvalue weighted by Crippen LogP contribution is -2.52. The van der Waals surface area contributed by atoms with Gasteiger partial charge in [-0.2, -0.15) is 0 Å². The summed E-state index contributed by atoms with van der Waals surface area (Å²) in [5.74, 6) is 0.113. The zero-order chi connectivity index (χ0) is 17.6. The van der Waals surface area contributed by atoms with Crippen molar-refractivity contribution in [3.8, 4) is 0 Å². The number of carbonyl (C=O) groups excluding carboxylic acids is 3. The number of ketones is 1. The number of rotatable bonds is 3. The minimum atomic E-state index is -0.321. The Kier molecular flexibility index (Phi) is 4.47. The lowest BCUT2D eigenvalue weighted by molar-refractivity contribution is -0.158. The third-order valence-electron chi connectivity index (χ3n) is 7.27. The zero-order valence-corrected chi connectivity index (χ0v) is 14.9. The molecular weight excluding hydrogens is 306 g/mol. The van der Waals surface area contributed by atoms with E-state index in [9.17, 15) is 14.4 Å². The van der Waals surface area contributed by atoms with Crippen molar-refractivity contribution in [1.82, 2.24) is 0 Å². The van der Waals surface area contributed by atoms with Crippen LogP contribution in [0.1, 0.15) is 59.3 Å². The van der Waals surface area contributed by atoms with Crippen LogP contribution < -0.4 is 5.73 Å². The molecule has 0 spiro atoms. The van der Waals surface area contributed by atoms with Crippen molar-refractivity contribution >= 4 is 17.7 Å². The Hall–Kier alpha value is -1.39. The van der Waals surface area contributed by atoms with Gasteiger partial charge in [-0.15, -0.1) is 0 Å². The van der Waals surface area contributed by atoms with Gasteiger partial charge >= 0.3 is 5.97 Å². The number of hydrogen-bond donors (Lipinski definition) is 1. The van der Waals surface area contributed by atoms with Crippen LogP contribution in [0.3, 0.4) is 0 Å². The smallest absolute Gasteiger partial charge is 0.302 e. The molecular formula is C19H29NO4. The number of esters is 1. The molecule has 3 aliphatic rings. The summed E-state index contributed by atoms with van der Waals surface area (Å²) < 4.78 is 5.61. The fraction of sp³-hybridized carbons (Fsp3) is 0.842. The molecule has 7 atom stereocenters. The Bertz CT molecular complexity index is 560. The van der Waals surface area contributed by atoms with E-state index in [-0.39, 0.29) is 46.9 Å². The Morgan fingerprint density at radius 1 is 1.00 bits per heavy atom. The highest BCUT2D eigenvalue weighted by molar-refractivity contribution is 5.87. The molecule has 1 amide bonds. The van der Waals surface area contributed by atoms with Crippen LogP contribution in [0.4, 0.5) is 0 Å². The second-order valence-corrected chi connectivity index (χ2v) is 8.38. The van der Waals surface area contributed by atoms with Gasteiger partial charge in [0, 0.05) is 18.3 Å². The third kappa shape index (κ3) is 2.66. The monoisotopic (exact) mass is 335 g/mol. The van der Waals surface area contributed by atoms with Crippen LogP contribution in [0.2, 0.25) is 0 Å². The molecule has 24 heavy (non-hydrogen) atoms. The van der Waals surface area contributed by atoms with Crippen molar-refractivity contribution in [2.45, 2.75) is 65.4 Å². The number of fused-ring (bicyclic) bond motifs is 3. The fourth-order valence-corrected chi connectivity index (χ4v) is 6.24. The average Bonchev–Trinajstić information content (AvgIpc) is 2.82. The van der Waals surface area contributed by atoms with Crippen LogP contribution in [0, 0.1) is 35.0 Å². The Morgan fingerprint density at radius 3 is 2.29 bits per heavy atom. The van der Waals surface area contributed by atoms with E-state index >= 15 is 0 Å². The first-order valence-corrected chi connectivity index (χ1v) is 9.22. The van der Waals surface area contributed by atoms with E-state index < -0.39 is 0 Å². The number of nitrogens with two attached hydrogens (primary N) is 1. The van der Waals surface area contributed by atoms with E-state index in [0.29, 0.717) is 11.8 Å². The van der Waals surface area contributed by atoms with Crippen molar-refractivity contribution in [2.24, 2.45) is 40.7 Å². The predicted octanol–water partition coefficient (Wildman–Crippen LogP) is 2.46. The van der Waals surface area contributed by atoms with E-state index in [2.05, 4.69) is 6.92 Å². The highest BCUT2D eigenvalue weighted by atomic mass is 16.5. The highest BCUT2D eigenvalue weighted by Crippen LogP contribution is 2.61. The van der Waals surface area contributed by atoms with E-state index in [4.69, 9.17) is 10.5 Å². The summed E-state index contributed by atoms with van der Waals surface area (Å²) in [4.78, 5) is 35.5. The van der Waals surface area contributed by atoms with Crippen LogP contribution in [0.15, 0.2) is 0 Å². The van der Waals surface area contributed by atoms with Gasteiger partial charge in [-0.05, 0) is 63.2 Å². The van der Waals surface area contributed by atoms with Crippen LogP contribution in [0.25, 0.3) is 0 Å². The number of ether oxygens (including phenoxy) is 1. The second kappa shape index (κ2) is 6.16. The molecule has 0 aromatic heterocycles. The van der Waals surface area contributed by atoms with Gasteiger partial charge in [0.1, 0.15) is 11.9 Å². The number of hydrogen-bond acceptors (Lipinski definition) is 4. The van der Waals surface area contributed by atoms with Gasteiger partial charge in [-0.1, -0.05) is 6.92 Å². The summed E-state index contributed by atoms with van der Waals surface area (Å²) in [6.45, 7) is 5.30. The summed E-state index contributed by atoms with van der Waals surface area (Å²) in [7, 11) is 0. The second-order valence-electron chi connectivity index (χ2n) is 8.38. The van der Waals surface area contributed by atoms with Crippen molar-refractivity contribution < 1.29 is 19.1 Å². The maximum atomic E-state index is 12.1. The molecule has 0 saturated heterocycles. The van der Waals surface area contributed by atoms with Gasteiger partial charge in [-0.3, -0.25) is 14.4 Å². The Morgan fingerprint density at radius 2 is 1.71 bits per heavy atom. The summed E-state index contributed by atoms with van der Waals surface area (Å²) in [5, 5.41) is 0. The molecule has 2 N–H and O–H groups in total. The lowest BCUT2D eigenvalue weighted by atomic mass is 9.52. The predicted molar refractivity (Wildman–Crippen MR) is 88.7 cm³/mol. The van der Waals surface area contributed by atoms with Crippen molar-refractivity contribution in [1.29, 1.82) is 0 Å². The van der Waals surface area contributed by atoms with Crippen LogP contribution in [-0.2, 0) is 19.1 Å². The van der Waals surface area contributed by atoms with Gasteiger partial charge < -0.3 is 10.5 Å². The number of carbonyl (C=O) groups is 3. The van der Waals surface area contributed by atoms with E-state index in [0.717, 1.165) is 38.5 Å². The maximum Gasteiger partial charge on any atom is 0.302 e. The largest absolute Gasteiger partial charge is 0.462 e. The molecule has 134 valence electrons. The van der Waals surface area contributed by atoms with Gasteiger partial charge in [0.25, 0.3) is 0 Å². The number of primary amides is 1. The van der Waals surface area contributed by atoms with Gasteiger partial charge in [0.15, 0.2) is 0 Å². The third-order valence-corrected chi connectivity index (χ3v) is 7.27. The molecule has 3 aliphatic carbocycles. The first-order valence-electron chi connectivity index (χ1n) is 9.22. The Labute approximate surface area is 143 Å². The van der Waals surface area contributed by atoms with Gasteiger partial charge in [-0.25, -0.2) is 0 Å². The molecule has 5 unspecified atom stereocenters. The molecule has 3 fully saturated rings. The van der Waals surface area contributed by atoms with Gasteiger partial charge in [0.05, 0.1) is 5.92 Å². The van der Waals surface area contributed by atoms with Crippen molar-refractivity contribution in [3.63, 3.8) is 0 Å². The Balaban J connectivity index is 1.85. The van der Waals surface area contributed by atoms with E-state index in [1.54, 1.807) is 6.92 Å². The fourth-order valence-electron chi connectivity index (χ4n) is 6.24. The van der Waals surface area contributed by atoms with Crippen LogP contribution >= 0.6 is 0 Å². The van der Waals surface area contributed by atoms with Crippen LogP contribution in [-0.4, -0.2) is 23.8 Å². The molecule has 0 aliphatic heterocycles. The topological polar surface area (TPSA) is 86.5 Å². The van der Waals surface area contributed by atoms with Gasteiger partial charge in [0.2, 0.25) is 5.91 Å². The molecule has 3 saturated carbocycles. The highest BCUT2D eigenvalue weighted by Gasteiger charge is 2.58. The standard InChI is InChI=1S/C19H29NO4/c1-10(21)12-4-5-13-14(17(12)18(20)23)8-9-19(3)15(13)6-7-16(19)24-11(2)22/h12-17H,4-9H2,1-3H3,(H2,20,23)/t12-,13?,14?,15?,16?,17-,19?/m0/s1. The summed E-state index contributed by atoms with van der Waals surface area (Å²) in [6.07, 6.45) is 5.49. The zero-order valence-electron chi connectivity index (χ0n) is 14.9. The summed E-state index contributed by atoms with van der Waals surface area (Å²) in [6, 6.07) is 0. The quantitative estimate of drug-likeness (QED) is 0.803. The SMILES string of the molecule is CC(=O)OC1CCC2C3CC[C@@H](C(C)=O)[C@H](C(N)=O)C3CCC12C. The van der Waals surface area contributed by atoms with E-state index in [1.807, 2.05) is 0 Å².